The van der Waals surface area contributed by atoms with Gasteiger partial charge in [0.1, 0.15) is 12.4 Å². The summed E-state index contributed by atoms with van der Waals surface area (Å²) in [4.78, 5) is 22.6. The van der Waals surface area contributed by atoms with Gasteiger partial charge in [-0.05, 0) is 43.2 Å². The van der Waals surface area contributed by atoms with Crippen LogP contribution in [0.1, 0.15) is 18.2 Å². The standard InChI is InChI=1S/C21H28FN5O/c1-3-23-21(25-13-10-17-7-6-8-18(22)15-17)26-16-20(28)27(2)14-11-19-9-4-5-12-24-19/h4-9,12,15H,3,10-11,13-14,16H2,1-2H3,(H2,23,25,26). The lowest BCUT2D eigenvalue weighted by Gasteiger charge is -2.16. The van der Waals surface area contributed by atoms with Gasteiger partial charge in [-0.15, -0.1) is 0 Å². The highest BCUT2D eigenvalue weighted by Gasteiger charge is 2.09. The largest absolute Gasteiger partial charge is 0.357 e. The van der Waals surface area contributed by atoms with Crippen LogP contribution >= 0.6 is 0 Å². The summed E-state index contributed by atoms with van der Waals surface area (Å²) in [5.74, 6) is 0.279. The number of amides is 1. The maximum atomic E-state index is 13.2. The van der Waals surface area contributed by atoms with Crippen molar-refractivity contribution >= 4 is 11.9 Å². The highest BCUT2D eigenvalue weighted by Crippen LogP contribution is 2.03. The Morgan fingerprint density at radius 2 is 2.04 bits per heavy atom. The van der Waals surface area contributed by atoms with E-state index in [-0.39, 0.29) is 18.3 Å². The molecule has 2 N–H and O–H groups in total. The number of aliphatic imine (C=N–C) groups is 1. The van der Waals surface area contributed by atoms with Crippen LogP contribution in [-0.2, 0) is 17.6 Å². The molecule has 1 heterocycles. The van der Waals surface area contributed by atoms with E-state index >= 15 is 0 Å². The highest BCUT2D eigenvalue weighted by atomic mass is 19.1. The highest BCUT2D eigenvalue weighted by molar-refractivity contribution is 5.84. The molecule has 0 aliphatic heterocycles. The summed E-state index contributed by atoms with van der Waals surface area (Å²) in [6.07, 6.45) is 3.12. The summed E-state index contributed by atoms with van der Waals surface area (Å²) < 4.78 is 13.2. The molecule has 0 bridgehead atoms. The zero-order chi connectivity index (χ0) is 20.2. The van der Waals surface area contributed by atoms with Crippen molar-refractivity contribution in [1.82, 2.24) is 20.5 Å². The molecule has 1 aromatic heterocycles. The summed E-state index contributed by atoms with van der Waals surface area (Å²) in [7, 11) is 1.77. The first-order valence-electron chi connectivity index (χ1n) is 9.49. The van der Waals surface area contributed by atoms with Crippen LogP contribution in [0.4, 0.5) is 4.39 Å². The molecular weight excluding hydrogens is 357 g/mol. The molecule has 150 valence electrons. The lowest BCUT2D eigenvalue weighted by Crippen LogP contribution is -2.39. The lowest BCUT2D eigenvalue weighted by molar-refractivity contribution is -0.128. The van der Waals surface area contributed by atoms with Crippen molar-refractivity contribution in [2.24, 2.45) is 4.99 Å². The number of nitrogens with one attached hydrogen (secondary N) is 2. The third-order valence-electron chi connectivity index (χ3n) is 4.17. The number of benzene rings is 1. The Morgan fingerprint density at radius 3 is 2.75 bits per heavy atom. The number of halogens is 1. The molecule has 0 fully saturated rings. The minimum absolute atomic E-state index is 0.0572. The first-order valence-corrected chi connectivity index (χ1v) is 9.49. The molecule has 6 nitrogen and oxygen atoms in total. The zero-order valence-electron chi connectivity index (χ0n) is 16.5. The van der Waals surface area contributed by atoms with Gasteiger partial charge in [-0.3, -0.25) is 9.78 Å². The van der Waals surface area contributed by atoms with Crippen LogP contribution in [0.5, 0.6) is 0 Å². The monoisotopic (exact) mass is 385 g/mol. The van der Waals surface area contributed by atoms with Gasteiger partial charge in [-0.1, -0.05) is 18.2 Å². The van der Waals surface area contributed by atoms with Crippen LogP contribution in [-0.4, -0.2) is 55.0 Å². The first-order chi connectivity index (χ1) is 13.6. The van der Waals surface area contributed by atoms with E-state index in [0.29, 0.717) is 38.4 Å². The second-order valence-electron chi connectivity index (χ2n) is 6.39. The zero-order valence-corrected chi connectivity index (χ0v) is 16.5. The normalized spacial score (nSPS) is 11.2. The third kappa shape index (κ3) is 7.73. The Hall–Kier alpha value is -2.96. The number of rotatable bonds is 9. The fraction of sp³-hybridized carbons (Fsp3) is 0.381. The molecular formula is C21H28FN5O. The van der Waals surface area contributed by atoms with Crippen LogP contribution in [0.3, 0.4) is 0 Å². The topological polar surface area (TPSA) is 69.6 Å². The van der Waals surface area contributed by atoms with Crippen molar-refractivity contribution < 1.29 is 9.18 Å². The number of likely N-dealkylation sites (N-methyl/N-ethyl adjacent to an activating group) is 1. The van der Waals surface area contributed by atoms with Crippen LogP contribution in [0.25, 0.3) is 0 Å². The number of guanidine groups is 1. The summed E-state index contributed by atoms with van der Waals surface area (Å²) in [5.41, 5.74) is 1.87. The summed E-state index contributed by atoms with van der Waals surface area (Å²) in [5, 5.41) is 6.29. The minimum Gasteiger partial charge on any atom is -0.357 e. The van der Waals surface area contributed by atoms with E-state index < -0.39 is 0 Å². The van der Waals surface area contributed by atoms with E-state index in [9.17, 15) is 9.18 Å². The van der Waals surface area contributed by atoms with Gasteiger partial charge in [-0.25, -0.2) is 9.38 Å². The number of nitrogens with zero attached hydrogens (tertiary/aromatic N) is 3. The summed E-state index contributed by atoms with van der Waals surface area (Å²) in [6.45, 7) is 3.90. The molecule has 0 atom stereocenters. The average Bonchev–Trinajstić information content (AvgIpc) is 2.70. The van der Waals surface area contributed by atoms with E-state index in [1.54, 1.807) is 24.2 Å². The van der Waals surface area contributed by atoms with Gasteiger partial charge in [0, 0.05) is 45.0 Å². The van der Waals surface area contributed by atoms with Crippen molar-refractivity contribution in [3.05, 3.63) is 65.7 Å². The van der Waals surface area contributed by atoms with Crippen molar-refractivity contribution in [1.29, 1.82) is 0 Å². The number of carbonyl (C=O) groups excluding carboxylic acids is 1. The van der Waals surface area contributed by atoms with Crippen molar-refractivity contribution in [2.45, 2.75) is 19.8 Å². The molecule has 28 heavy (non-hydrogen) atoms. The Morgan fingerprint density at radius 1 is 1.18 bits per heavy atom. The predicted molar refractivity (Wildman–Crippen MR) is 110 cm³/mol. The van der Waals surface area contributed by atoms with Crippen molar-refractivity contribution in [3.63, 3.8) is 0 Å². The average molecular weight is 385 g/mol. The number of carbonyl (C=O) groups is 1. The van der Waals surface area contributed by atoms with Gasteiger partial charge in [0.05, 0.1) is 0 Å². The molecule has 0 aliphatic carbocycles. The van der Waals surface area contributed by atoms with Crippen LogP contribution in [0.2, 0.25) is 0 Å². The molecule has 1 aromatic carbocycles. The summed E-state index contributed by atoms with van der Waals surface area (Å²) >= 11 is 0. The molecule has 0 saturated heterocycles. The molecule has 0 radical (unpaired) electrons. The van der Waals surface area contributed by atoms with E-state index in [0.717, 1.165) is 11.3 Å². The van der Waals surface area contributed by atoms with Crippen LogP contribution in [0, 0.1) is 5.82 Å². The molecule has 1 amide bonds. The van der Waals surface area contributed by atoms with Gasteiger partial charge in [-0.2, -0.15) is 0 Å². The van der Waals surface area contributed by atoms with Gasteiger partial charge in [0.25, 0.3) is 0 Å². The quantitative estimate of drug-likeness (QED) is 0.512. The number of hydrogen-bond donors (Lipinski definition) is 2. The summed E-state index contributed by atoms with van der Waals surface area (Å²) in [6, 6.07) is 12.3. The van der Waals surface area contributed by atoms with Gasteiger partial charge < -0.3 is 15.5 Å². The van der Waals surface area contributed by atoms with Gasteiger partial charge in [0.15, 0.2) is 5.96 Å². The smallest absolute Gasteiger partial charge is 0.244 e. The van der Waals surface area contributed by atoms with Crippen LogP contribution < -0.4 is 10.6 Å². The predicted octanol–water partition coefficient (Wildman–Crippen LogP) is 2.02. The van der Waals surface area contributed by atoms with Crippen molar-refractivity contribution in [2.75, 3.05) is 33.2 Å². The second kappa shape index (κ2) is 11.7. The Kier molecular flexibility index (Phi) is 8.91. The maximum absolute atomic E-state index is 13.2. The Bertz CT molecular complexity index is 766. The Balaban J connectivity index is 1.78. The molecule has 0 saturated carbocycles. The molecule has 2 rings (SSSR count). The fourth-order valence-electron chi connectivity index (χ4n) is 2.58. The lowest BCUT2D eigenvalue weighted by atomic mass is 10.1. The van der Waals surface area contributed by atoms with E-state index in [1.165, 1.54) is 12.1 Å². The van der Waals surface area contributed by atoms with E-state index in [4.69, 9.17) is 0 Å². The van der Waals surface area contributed by atoms with Crippen molar-refractivity contribution in [3.8, 4) is 0 Å². The number of hydrogen-bond acceptors (Lipinski definition) is 3. The van der Waals surface area contributed by atoms with Gasteiger partial charge >= 0.3 is 0 Å². The minimum atomic E-state index is -0.239. The fourth-order valence-corrected chi connectivity index (χ4v) is 2.58. The molecule has 7 heteroatoms. The second-order valence-corrected chi connectivity index (χ2v) is 6.39. The maximum Gasteiger partial charge on any atom is 0.244 e. The SMILES string of the molecule is CCNC(=NCC(=O)N(C)CCc1ccccn1)NCCc1cccc(F)c1. The van der Waals surface area contributed by atoms with E-state index in [1.807, 2.05) is 31.2 Å². The number of aromatic nitrogens is 1. The molecule has 2 aromatic rings. The Labute approximate surface area is 165 Å². The molecule has 0 unspecified atom stereocenters. The van der Waals surface area contributed by atoms with Gasteiger partial charge in [0.2, 0.25) is 5.91 Å². The van der Waals surface area contributed by atoms with E-state index in [2.05, 4.69) is 20.6 Å². The third-order valence-corrected chi connectivity index (χ3v) is 4.17. The van der Waals surface area contributed by atoms with Crippen LogP contribution in [0.15, 0.2) is 53.7 Å². The molecule has 0 aliphatic rings. The number of pyridine rings is 1. The first kappa shape index (κ1) is 21.3. The molecule has 0 spiro atoms.